The fourth-order valence-corrected chi connectivity index (χ4v) is 4.07. The van der Waals surface area contributed by atoms with E-state index in [-0.39, 0.29) is 12.1 Å². The van der Waals surface area contributed by atoms with Crippen LogP contribution in [0.15, 0.2) is 53.0 Å². The summed E-state index contributed by atoms with van der Waals surface area (Å²) < 4.78 is 40.3. The zero-order valence-electron chi connectivity index (χ0n) is 13.7. The average Bonchev–Trinajstić information content (AvgIpc) is 2.52. The first-order chi connectivity index (χ1) is 11.7. The number of amides is 1. The van der Waals surface area contributed by atoms with Crippen molar-refractivity contribution in [3.05, 3.63) is 58.8 Å². The smallest absolute Gasteiger partial charge is 0.248 e. The van der Waals surface area contributed by atoms with Crippen molar-refractivity contribution < 1.29 is 17.6 Å². The SMILES string of the molecule is CC[C@@H](C(=O)Nc1cccc(Br)c1)N(c1ccccc1F)S(C)(=O)=O. The van der Waals surface area contributed by atoms with Crippen LogP contribution in [0.3, 0.4) is 0 Å². The Morgan fingerprint density at radius 1 is 1.24 bits per heavy atom. The van der Waals surface area contributed by atoms with Crippen LogP contribution in [0.25, 0.3) is 0 Å². The van der Waals surface area contributed by atoms with Gasteiger partial charge < -0.3 is 5.32 Å². The third kappa shape index (κ3) is 4.79. The minimum Gasteiger partial charge on any atom is -0.324 e. The number of hydrogen-bond donors (Lipinski definition) is 1. The van der Waals surface area contributed by atoms with Gasteiger partial charge in [0.1, 0.15) is 11.9 Å². The Labute approximate surface area is 155 Å². The average molecular weight is 429 g/mol. The van der Waals surface area contributed by atoms with Crippen LogP contribution in [0.1, 0.15) is 13.3 Å². The van der Waals surface area contributed by atoms with E-state index in [9.17, 15) is 17.6 Å². The maximum absolute atomic E-state index is 14.2. The van der Waals surface area contributed by atoms with Crippen LogP contribution in [0.2, 0.25) is 0 Å². The Hall–Kier alpha value is -1.93. The Balaban J connectivity index is 2.40. The highest BCUT2D eigenvalue weighted by Gasteiger charge is 2.33. The second-order valence-electron chi connectivity index (χ2n) is 5.43. The summed E-state index contributed by atoms with van der Waals surface area (Å²) in [5.41, 5.74) is 0.362. The molecule has 0 aliphatic rings. The molecular formula is C17H18BrFN2O3S. The highest BCUT2D eigenvalue weighted by atomic mass is 79.9. The van der Waals surface area contributed by atoms with Gasteiger partial charge in [-0.15, -0.1) is 0 Å². The predicted octanol–water partition coefficient (Wildman–Crippen LogP) is 3.77. The van der Waals surface area contributed by atoms with Crippen LogP contribution in [0, 0.1) is 5.82 Å². The molecule has 0 saturated carbocycles. The molecular weight excluding hydrogens is 411 g/mol. The minimum atomic E-state index is -3.87. The Bertz CT molecular complexity index is 874. The number of anilines is 2. The Morgan fingerprint density at radius 3 is 2.48 bits per heavy atom. The zero-order chi connectivity index (χ0) is 18.6. The van der Waals surface area contributed by atoms with Crippen LogP contribution in [-0.2, 0) is 14.8 Å². The molecule has 0 unspecified atom stereocenters. The number of carbonyl (C=O) groups excluding carboxylic acids is 1. The van der Waals surface area contributed by atoms with Crippen molar-refractivity contribution in [2.45, 2.75) is 19.4 Å². The summed E-state index contributed by atoms with van der Waals surface area (Å²) in [6, 6.07) is 11.3. The zero-order valence-corrected chi connectivity index (χ0v) is 16.1. The van der Waals surface area contributed by atoms with E-state index in [1.165, 1.54) is 18.2 Å². The van der Waals surface area contributed by atoms with E-state index in [1.807, 2.05) is 0 Å². The molecule has 1 N–H and O–H groups in total. The van der Waals surface area contributed by atoms with Crippen LogP contribution < -0.4 is 9.62 Å². The molecule has 0 aromatic heterocycles. The molecule has 0 bridgehead atoms. The monoisotopic (exact) mass is 428 g/mol. The quantitative estimate of drug-likeness (QED) is 0.761. The van der Waals surface area contributed by atoms with Crippen molar-refractivity contribution in [1.29, 1.82) is 0 Å². The van der Waals surface area contributed by atoms with E-state index in [1.54, 1.807) is 31.2 Å². The number of sulfonamides is 1. The van der Waals surface area contributed by atoms with E-state index in [0.29, 0.717) is 5.69 Å². The maximum atomic E-state index is 14.2. The van der Waals surface area contributed by atoms with Gasteiger partial charge in [0.05, 0.1) is 11.9 Å². The molecule has 0 heterocycles. The number of nitrogens with one attached hydrogen (secondary N) is 1. The van der Waals surface area contributed by atoms with Gasteiger partial charge >= 0.3 is 0 Å². The third-order valence-corrected chi connectivity index (χ3v) is 5.17. The van der Waals surface area contributed by atoms with Crippen LogP contribution in [0.4, 0.5) is 15.8 Å². The number of halogens is 2. The van der Waals surface area contributed by atoms with Crippen molar-refractivity contribution in [3.63, 3.8) is 0 Å². The van der Waals surface area contributed by atoms with Crippen molar-refractivity contribution in [2.24, 2.45) is 0 Å². The summed E-state index contributed by atoms with van der Waals surface area (Å²) in [6.45, 7) is 1.67. The molecule has 0 fully saturated rings. The maximum Gasteiger partial charge on any atom is 0.248 e. The molecule has 0 spiro atoms. The molecule has 5 nitrogen and oxygen atoms in total. The molecule has 2 aromatic carbocycles. The molecule has 134 valence electrons. The summed E-state index contributed by atoms with van der Waals surface area (Å²) in [4.78, 5) is 12.7. The van der Waals surface area contributed by atoms with E-state index >= 15 is 0 Å². The molecule has 1 amide bonds. The lowest BCUT2D eigenvalue weighted by Gasteiger charge is -2.30. The van der Waals surface area contributed by atoms with Gasteiger partial charge in [-0.2, -0.15) is 0 Å². The second kappa shape index (κ2) is 7.97. The number of carbonyl (C=O) groups is 1. The van der Waals surface area contributed by atoms with Gasteiger partial charge in [-0.25, -0.2) is 12.8 Å². The molecule has 25 heavy (non-hydrogen) atoms. The van der Waals surface area contributed by atoms with Gasteiger partial charge in [0.2, 0.25) is 15.9 Å². The molecule has 0 radical (unpaired) electrons. The summed E-state index contributed by atoms with van der Waals surface area (Å²) in [5, 5.41) is 2.68. The van der Waals surface area contributed by atoms with Gasteiger partial charge in [-0.05, 0) is 36.8 Å². The third-order valence-electron chi connectivity index (χ3n) is 3.51. The van der Waals surface area contributed by atoms with Crippen LogP contribution in [0.5, 0.6) is 0 Å². The Morgan fingerprint density at radius 2 is 1.92 bits per heavy atom. The summed E-state index contributed by atoms with van der Waals surface area (Å²) in [5.74, 6) is -1.24. The fraction of sp³-hybridized carbons (Fsp3) is 0.235. The van der Waals surface area contributed by atoms with Crippen molar-refractivity contribution in [2.75, 3.05) is 15.9 Å². The summed E-state index contributed by atoms with van der Waals surface area (Å²) in [6.07, 6.45) is 1.13. The lowest BCUT2D eigenvalue weighted by atomic mass is 10.1. The van der Waals surface area contributed by atoms with E-state index < -0.39 is 27.8 Å². The van der Waals surface area contributed by atoms with E-state index in [4.69, 9.17) is 0 Å². The standard InChI is InChI=1S/C17H18BrFN2O3S/c1-3-15(17(22)20-13-8-6-7-12(18)11-13)21(25(2,23)24)16-10-5-4-9-14(16)19/h4-11,15H,3H2,1-2H3,(H,20,22)/t15-/m0/s1. The van der Waals surface area contributed by atoms with Crippen molar-refractivity contribution >= 4 is 43.2 Å². The van der Waals surface area contributed by atoms with Gasteiger partial charge in [-0.3, -0.25) is 9.10 Å². The summed E-state index contributed by atoms with van der Waals surface area (Å²) in [7, 11) is -3.87. The second-order valence-corrected chi connectivity index (χ2v) is 8.21. The van der Waals surface area contributed by atoms with Crippen molar-refractivity contribution in [3.8, 4) is 0 Å². The van der Waals surface area contributed by atoms with E-state index in [0.717, 1.165) is 21.1 Å². The van der Waals surface area contributed by atoms with Crippen LogP contribution in [-0.4, -0.2) is 26.6 Å². The lowest BCUT2D eigenvalue weighted by Crippen LogP contribution is -2.47. The number of para-hydroxylation sites is 1. The number of rotatable bonds is 6. The first-order valence-electron chi connectivity index (χ1n) is 7.54. The fourth-order valence-electron chi connectivity index (χ4n) is 2.46. The minimum absolute atomic E-state index is 0.152. The highest BCUT2D eigenvalue weighted by Crippen LogP contribution is 2.26. The predicted molar refractivity (Wildman–Crippen MR) is 101 cm³/mol. The van der Waals surface area contributed by atoms with Gasteiger partial charge in [0.15, 0.2) is 0 Å². The lowest BCUT2D eigenvalue weighted by molar-refractivity contribution is -0.117. The molecule has 0 saturated heterocycles. The molecule has 0 aliphatic heterocycles. The van der Waals surface area contributed by atoms with Gasteiger partial charge in [0.25, 0.3) is 0 Å². The first-order valence-corrected chi connectivity index (χ1v) is 10.2. The molecule has 0 aliphatic carbocycles. The van der Waals surface area contributed by atoms with Gasteiger partial charge in [-0.1, -0.05) is 41.1 Å². The van der Waals surface area contributed by atoms with Crippen LogP contribution >= 0.6 is 15.9 Å². The number of benzene rings is 2. The number of hydrogen-bond acceptors (Lipinski definition) is 3. The van der Waals surface area contributed by atoms with Crippen molar-refractivity contribution in [1.82, 2.24) is 0 Å². The molecule has 2 aromatic rings. The van der Waals surface area contributed by atoms with E-state index in [2.05, 4.69) is 21.2 Å². The topological polar surface area (TPSA) is 66.5 Å². The normalized spacial score (nSPS) is 12.5. The highest BCUT2D eigenvalue weighted by molar-refractivity contribution is 9.10. The Kier molecular flexibility index (Phi) is 6.18. The molecule has 2 rings (SSSR count). The first kappa shape index (κ1) is 19.4. The van der Waals surface area contributed by atoms with Gasteiger partial charge in [0, 0.05) is 10.2 Å². The molecule has 1 atom stereocenters. The largest absolute Gasteiger partial charge is 0.324 e. The summed E-state index contributed by atoms with van der Waals surface area (Å²) >= 11 is 3.31. The number of nitrogens with zero attached hydrogens (tertiary/aromatic N) is 1. The molecule has 8 heteroatoms.